The third-order valence-electron chi connectivity index (χ3n) is 11.3. The Morgan fingerprint density at radius 3 is 1.98 bits per heavy atom. The number of benzene rings is 8. The molecule has 0 unspecified atom stereocenters. The van der Waals surface area contributed by atoms with Crippen molar-refractivity contribution in [2.24, 2.45) is 0 Å². The van der Waals surface area contributed by atoms with Crippen LogP contribution in [0, 0.1) is 0 Å². The molecule has 246 valence electrons. The van der Waals surface area contributed by atoms with Crippen molar-refractivity contribution in [3.05, 3.63) is 175 Å². The highest BCUT2D eigenvalue weighted by Crippen LogP contribution is 2.52. The quantitative estimate of drug-likeness (QED) is 0.187. The van der Waals surface area contributed by atoms with Gasteiger partial charge in [0.05, 0.1) is 11.1 Å². The van der Waals surface area contributed by atoms with Gasteiger partial charge in [0.1, 0.15) is 22.3 Å². The zero-order valence-electron chi connectivity index (χ0n) is 28.9. The van der Waals surface area contributed by atoms with Gasteiger partial charge in [-0.15, -0.1) is 0 Å². The Bertz CT molecular complexity index is 3050. The maximum absolute atomic E-state index is 6.84. The summed E-state index contributed by atoms with van der Waals surface area (Å²) in [5.74, 6) is 0. The molecule has 0 radical (unpaired) electrons. The smallest absolute Gasteiger partial charge is 0.143 e. The highest BCUT2D eigenvalue weighted by molar-refractivity contribution is 6.22. The molecule has 0 spiro atoms. The van der Waals surface area contributed by atoms with E-state index in [1.165, 1.54) is 38.8 Å². The minimum atomic E-state index is -0.143. The van der Waals surface area contributed by atoms with E-state index in [1.54, 1.807) is 0 Å². The van der Waals surface area contributed by atoms with Gasteiger partial charge in [0, 0.05) is 38.3 Å². The van der Waals surface area contributed by atoms with Gasteiger partial charge >= 0.3 is 0 Å². The molecule has 3 heteroatoms. The minimum Gasteiger partial charge on any atom is -0.456 e. The Labute approximate surface area is 301 Å². The van der Waals surface area contributed by atoms with Gasteiger partial charge < -0.3 is 13.7 Å². The van der Waals surface area contributed by atoms with Crippen LogP contribution in [0.3, 0.4) is 0 Å². The normalized spacial score (nSPS) is 13.3. The lowest BCUT2D eigenvalue weighted by Gasteiger charge is -2.28. The van der Waals surface area contributed by atoms with E-state index in [1.807, 2.05) is 12.1 Å². The molecule has 2 aromatic heterocycles. The van der Waals surface area contributed by atoms with Gasteiger partial charge in [-0.3, -0.25) is 0 Å². The van der Waals surface area contributed by atoms with Gasteiger partial charge in [0.2, 0.25) is 0 Å². The largest absolute Gasteiger partial charge is 0.456 e. The van der Waals surface area contributed by atoms with Crippen LogP contribution in [0.5, 0.6) is 0 Å². The predicted octanol–water partition coefficient (Wildman–Crippen LogP) is 14.1. The van der Waals surface area contributed by atoms with Crippen molar-refractivity contribution in [1.29, 1.82) is 0 Å². The van der Waals surface area contributed by atoms with Crippen LogP contribution in [0.15, 0.2) is 173 Å². The third-order valence-corrected chi connectivity index (χ3v) is 11.3. The molecule has 0 fully saturated rings. The topological polar surface area (TPSA) is 29.5 Å². The Balaban J connectivity index is 1.22. The molecule has 8 aromatic carbocycles. The lowest BCUT2D eigenvalue weighted by molar-refractivity contribution is 0.660. The summed E-state index contributed by atoms with van der Waals surface area (Å²) in [4.78, 5) is 2.41. The maximum Gasteiger partial charge on any atom is 0.143 e. The number of para-hydroxylation sites is 1. The highest BCUT2D eigenvalue weighted by Gasteiger charge is 2.36. The fourth-order valence-corrected chi connectivity index (χ4v) is 8.78. The zero-order valence-corrected chi connectivity index (χ0v) is 28.9. The van der Waals surface area contributed by atoms with E-state index in [4.69, 9.17) is 8.83 Å². The number of furan rings is 2. The van der Waals surface area contributed by atoms with Crippen LogP contribution in [0.1, 0.15) is 25.0 Å². The number of hydrogen-bond donors (Lipinski definition) is 0. The summed E-state index contributed by atoms with van der Waals surface area (Å²) in [5, 5.41) is 6.66. The standard InChI is InChI=1S/C49H33NO2/c1-49(2)41-19-10-8-16-34(41)35-25-23-32(28-42(35)49)50(31-24-26-45-39(27-31)36-17-9-11-21-44(36)51-45)43-20-12-22-46-47(43)40-29-38(30-13-4-3-5-14-30)33-15-6-7-18-37(33)48(40)52-46/h3-29H,1-2H3. The number of hydrogen-bond acceptors (Lipinski definition) is 3. The first-order valence-electron chi connectivity index (χ1n) is 17.9. The molecule has 0 bridgehead atoms. The summed E-state index contributed by atoms with van der Waals surface area (Å²) in [6.45, 7) is 4.69. The third kappa shape index (κ3) is 4.08. The van der Waals surface area contributed by atoms with Gasteiger partial charge in [-0.05, 0) is 93.4 Å². The Kier molecular flexibility index (Phi) is 6.01. The van der Waals surface area contributed by atoms with Crippen LogP contribution in [-0.4, -0.2) is 0 Å². The van der Waals surface area contributed by atoms with E-state index in [2.05, 4.69) is 170 Å². The number of fused-ring (bicyclic) bond motifs is 11. The van der Waals surface area contributed by atoms with Crippen LogP contribution in [0.25, 0.3) is 76.9 Å². The molecular weight excluding hydrogens is 635 g/mol. The molecule has 52 heavy (non-hydrogen) atoms. The maximum atomic E-state index is 6.84. The second-order valence-corrected chi connectivity index (χ2v) is 14.5. The van der Waals surface area contributed by atoms with E-state index in [0.29, 0.717) is 0 Å². The summed E-state index contributed by atoms with van der Waals surface area (Å²) in [5.41, 5.74) is 14.3. The van der Waals surface area contributed by atoms with Crippen LogP contribution in [-0.2, 0) is 5.41 Å². The van der Waals surface area contributed by atoms with Crippen molar-refractivity contribution in [1.82, 2.24) is 0 Å². The molecule has 1 aliphatic rings. The van der Waals surface area contributed by atoms with Crippen molar-refractivity contribution in [3.8, 4) is 22.3 Å². The van der Waals surface area contributed by atoms with Crippen LogP contribution in [0.2, 0.25) is 0 Å². The average Bonchev–Trinajstić information content (AvgIpc) is 3.83. The molecule has 0 saturated carbocycles. The monoisotopic (exact) mass is 667 g/mol. The zero-order chi connectivity index (χ0) is 34.6. The minimum absolute atomic E-state index is 0.143. The fourth-order valence-electron chi connectivity index (χ4n) is 8.78. The van der Waals surface area contributed by atoms with Gasteiger partial charge in [-0.25, -0.2) is 0 Å². The second-order valence-electron chi connectivity index (χ2n) is 14.5. The van der Waals surface area contributed by atoms with Crippen molar-refractivity contribution < 1.29 is 8.83 Å². The number of anilines is 3. The molecular formula is C49H33NO2. The highest BCUT2D eigenvalue weighted by atomic mass is 16.3. The van der Waals surface area contributed by atoms with Crippen LogP contribution < -0.4 is 4.90 Å². The predicted molar refractivity (Wildman–Crippen MR) is 216 cm³/mol. The summed E-state index contributed by atoms with van der Waals surface area (Å²) >= 11 is 0. The summed E-state index contributed by atoms with van der Waals surface area (Å²) in [7, 11) is 0. The molecule has 3 nitrogen and oxygen atoms in total. The van der Waals surface area contributed by atoms with Crippen LogP contribution in [0.4, 0.5) is 17.1 Å². The Hall–Kier alpha value is -6.58. The molecule has 0 N–H and O–H groups in total. The molecule has 2 heterocycles. The average molecular weight is 668 g/mol. The second kappa shape index (κ2) is 10.7. The summed E-state index contributed by atoms with van der Waals surface area (Å²) < 4.78 is 13.1. The molecule has 0 amide bonds. The Morgan fingerprint density at radius 2 is 1.10 bits per heavy atom. The van der Waals surface area contributed by atoms with Crippen molar-refractivity contribution in [2.45, 2.75) is 19.3 Å². The molecule has 0 saturated heterocycles. The lowest BCUT2D eigenvalue weighted by Crippen LogP contribution is -2.16. The Morgan fingerprint density at radius 1 is 0.423 bits per heavy atom. The summed E-state index contributed by atoms with van der Waals surface area (Å²) in [6.07, 6.45) is 0. The molecule has 0 atom stereocenters. The first-order chi connectivity index (χ1) is 25.5. The van der Waals surface area contributed by atoms with E-state index in [0.717, 1.165) is 66.3 Å². The molecule has 0 aliphatic heterocycles. The lowest BCUT2D eigenvalue weighted by atomic mass is 9.82. The summed E-state index contributed by atoms with van der Waals surface area (Å²) in [6, 6.07) is 58.7. The SMILES string of the molecule is CC1(C)c2ccccc2-c2ccc(N(c3ccc4oc5ccccc5c4c3)c3cccc4oc5c6ccccc6c(-c6ccccc6)cc5c34)cc21. The van der Waals surface area contributed by atoms with E-state index >= 15 is 0 Å². The van der Waals surface area contributed by atoms with E-state index in [-0.39, 0.29) is 5.41 Å². The molecule has 10 aromatic rings. The van der Waals surface area contributed by atoms with Crippen molar-refractivity contribution in [2.75, 3.05) is 4.90 Å². The first kappa shape index (κ1) is 29.2. The van der Waals surface area contributed by atoms with E-state index < -0.39 is 0 Å². The first-order valence-corrected chi connectivity index (χ1v) is 17.9. The van der Waals surface area contributed by atoms with Gasteiger partial charge in [-0.1, -0.05) is 123 Å². The number of rotatable bonds is 4. The fraction of sp³-hybridized carbons (Fsp3) is 0.0612. The van der Waals surface area contributed by atoms with Gasteiger partial charge in [-0.2, -0.15) is 0 Å². The van der Waals surface area contributed by atoms with E-state index in [9.17, 15) is 0 Å². The number of nitrogens with zero attached hydrogens (tertiary/aromatic N) is 1. The molecule has 11 rings (SSSR count). The van der Waals surface area contributed by atoms with Gasteiger partial charge in [0.15, 0.2) is 0 Å². The van der Waals surface area contributed by atoms with Crippen LogP contribution >= 0.6 is 0 Å². The molecule has 1 aliphatic carbocycles. The van der Waals surface area contributed by atoms with Crippen molar-refractivity contribution >= 4 is 71.7 Å². The van der Waals surface area contributed by atoms with Gasteiger partial charge in [0.25, 0.3) is 0 Å². The van der Waals surface area contributed by atoms with Crippen molar-refractivity contribution in [3.63, 3.8) is 0 Å².